The van der Waals surface area contributed by atoms with Crippen LogP contribution in [0, 0.1) is 0 Å². The lowest BCUT2D eigenvalue weighted by Crippen LogP contribution is -2.31. The maximum atomic E-state index is 12.1. The first-order valence-electron chi connectivity index (χ1n) is 13.2. The number of benzene rings is 3. The summed E-state index contributed by atoms with van der Waals surface area (Å²) in [6.07, 6.45) is 1.61. The average Bonchev–Trinajstić information content (AvgIpc) is 3.21. The second kappa shape index (κ2) is 9.88. The van der Waals surface area contributed by atoms with Gasteiger partial charge in [-0.15, -0.1) is 0 Å². The summed E-state index contributed by atoms with van der Waals surface area (Å²) in [5.74, 6) is 1.09. The Kier molecular flexibility index (Phi) is 6.70. The SMILES string of the molecule is COc1cc2c(c3c1OC(C)(C)C3)C(c1cccc(-c3ccc(NC(=O)CNC(C)=O)cc3)c1)=NC(C)(C)C2. The van der Waals surface area contributed by atoms with Gasteiger partial charge in [0, 0.05) is 35.7 Å². The molecular weight excluding hydrogens is 490 g/mol. The molecule has 7 heteroatoms. The van der Waals surface area contributed by atoms with E-state index in [9.17, 15) is 9.59 Å². The zero-order chi connectivity index (χ0) is 27.9. The third kappa shape index (κ3) is 5.53. The molecule has 7 nitrogen and oxygen atoms in total. The molecule has 0 aromatic heterocycles. The third-order valence-corrected chi connectivity index (χ3v) is 7.04. The maximum Gasteiger partial charge on any atom is 0.243 e. The summed E-state index contributed by atoms with van der Waals surface area (Å²) in [6.45, 7) is 9.87. The molecule has 2 heterocycles. The number of rotatable bonds is 6. The molecule has 2 amide bonds. The summed E-state index contributed by atoms with van der Waals surface area (Å²) in [5, 5.41) is 5.31. The van der Waals surface area contributed by atoms with Crippen molar-refractivity contribution in [1.82, 2.24) is 5.32 Å². The molecule has 2 aliphatic heterocycles. The van der Waals surface area contributed by atoms with E-state index in [0.29, 0.717) is 5.69 Å². The summed E-state index contributed by atoms with van der Waals surface area (Å²) >= 11 is 0. The van der Waals surface area contributed by atoms with Crippen LogP contribution in [-0.4, -0.2) is 42.3 Å². The molecule has 2 N–H and O–H groups in total. The van der Waals surface area contributed by atoms with Gasteiger partial charge in [0.1, 0.15) is 5.60 Å². The zero-order valence-electron chi connectivity index (χ0n) is 23.4. The fraction of sp³-hybridized carbons (Fsp3) is 0.344. The number of ether oxygens (including phenoxy) is 2. The van der Waals surface area contributed by atoms with Crippen molar-refractivity contribution in [3.05, 3.63) is 76.9 Å². The number of fused-ring (bicyclic) bond motifs is 3. The number of amides is 2. The van der Waals surface area contributed by atoms with Crippen LogP contribution in [0.2, 0.25) is 0 Å². The lowest BCUT2D eigenvalue weighted by atomic mass is 9.80. The minimum absolute atomic E-state index is 0.0587. The first kappa shape index (κ1) is 26.5. The van der Waals surface area contributed by atoms with Crippen molar-refractivity contribution in [2.24, 2.45) is 4.99 Å². The molecule has 5 rings (SSSR count). The number of hydrogen-bond acceptors (Lipinski definition) is 5. The van der Waals surface area contributed by atoms with Gasteiger partial charge in [0.25, 0.3) is 0 Å². The van der Waals surface area contributed by atoms with Crippen LogP contribution in [0.4, 0.5) is 5.69 Å². The Morgan fingerprint density at radius 2 is 1.69 bits per heavy atom. The summed E-state index contributed by atoms with van der Waals surface area (Å²) in [6, 6.07) is 18.2. The van der Waals surface area contributed by atoms with Crippen molar-refractivity contribution in [2.45, 2.75) is 58.6 Å². The predicted octanol–water partition coefficient (Wildman–Crippen LogP) is 5.32. The topological polar surface area (TPSA) is 89.0 Å². The van der Waals surface area contributed by atoms with E-state index in [4.69, 9.17) is 14.5 Å². The van der Waals surface area contributed by atoms with Gasteiger partial charge >= 0.3 is 0 Å². The molecule has 3 aromatic rings. The van der Waals surface area contributed by atoms with Crippen LogP contribution < -0.4 is 20.1 Å². The van der Waals surface area contributed by atoms with E-state index in [1.807, 2.05) is 24.3 Å². The van der Waals surface area contributed by atoms with Crippen molar-refractivity contribution < 1.29 is 19.1 Å². The number of nitrogens with one attached hydrogen (secondary N) is 2. The van der Waals surface area contributed by atoms with Crippen LogP contribution in [0.25, 0.3) is 11.1 Å². The highest BCUT2D eigenvalue weighted by Crippen LogP contribution is 2.48. The van der Waals surface area contributed by atoms with E-state index in [2.05, 4.69) is 68.7 Å². The third-order valence-electron chi connectivity index (χ3n) is 7.04. The Labute approximate surface area is 229 Å². The van der Waals surface area contributed by atoms with E-state index in [0.717, 1.165) is 57.9 Å². The first-order valence-corrected chi connectivity index (χ1v) is 13.2. The van der Waals surface area contributed by atoms with E-state index >= 15 is 0 Å². The minimum atomic E-state index is -0.316. The fourth-order valence-corrected chi connectivity index (χ4v) is 5.43. The molecule has 0 fully saturated rings. The van der Waals surface area contributed by atoms with Gasteiger partial charge in [-0.25, -0.2) is 0 Å². The van der Waals surface area contributed by atoms with Crippen LogP contribution in [0.5, 0.6) is 11.5 Å². The Morgan fingerprint density at radius 3 is 2.38 bits per heavy atom. The summed E-state index contributed by atoms with van der Waals surface area (Å²) in [4.78, 5) is 28.4. The molecule has 2 aliphatic rings. The monoisotopic (exact) mass is 525 g/mol. The highest BCUT2D eigenvalue weighted by Gasteiger charge is 2.39. The molecule has 202 valence electrons. The van der Waals surface area contributed by atoms with E-state index in [-0.39, 0.29) is 29.5 Å². The molecule has 3 aromatic carbocycles. The van der Waals surface area contributed by atoms with Crippen LogP contribution in [0.1, 0.15) is 56.9 Å². The average molecular weight is 526 g/mol. The van der Waals surface area contributed by atoms with Crippen molar-refractivity contribution >= 4 is 23.2 Å². The maximum absolute atomic E-state index is 12.1. The van der Waals surface area contributed by atoms with Crippen LogP contribution in [0.15, 0.2) is 59.6 Å². The molecule has 0 unspecified atom stereocenters. The zero-order valence-corrected chi connectivity index (χ0v) is 23.4. The molecule has 0 atom stereocenters. The number of anilines is 1. The van der Waals surface area contributed by atoms with E-state index in [1.165, 1.54) is 12.5 Å². The summed E-state index contributed by atoms with van der Waals surface area (Å²) in [7, 11) is 1.70. The molecular formula is C32H35N3O4. The van der Waals surface area contributed by atoms with Gasteiger partial charge in [-0.1, -0.05) is 30.3 Å². The summed E-state index contributed by atoms with van der Waals surface area (Å²) in [5.41, 5.74) is 7.74. The quantitative estimate of drug-likeness (QED) is 0.456. The largest absolute Gasteiger partial charge is 0.493 e. The number of carbonyl (C=O) groups is 2. The van der Waals surface area contributed by atoms with Crippen molar-refractivity contribution in [2.75, 3.05) is 19.0 Å². The first-order chi connectivity index (χ1) is 18.4. The van der Waals surface area contributed by atoms with Crippen LogP contribution in [-0.2, 0) is 22.4 Å². The highest BCUT2D eigenvalue weighted by atomic mass is 16.5. The minimum Gasteiger partial charge on any atom is -0.493 e. The van der Waals surface area contributed by atoms with Gasteiger partial charge in [0.15, 0.2) is 11.5 Å². The van der Waals surface area contributed by atoms with Gasteiger partial charge in [0.05, 0.1) is 24.9 Å². The second-order valence-corrected chi connectivity index (χ2v) is 11.5. The number of methoxy groups -OCH3 is 1. The van der Waals surface area contributed by atoms with Gasteiger partial charge in [-0.2, -0.15) is 0 Å². The smallest absolute Gasteiger partial charge is 0.243 e. The van der Waals surface area contributed by atoms with Gasteiger partial charge in [-0.3, -0.25) is 14.6 Å². The van der Waals surface area contributed by atoms with E-state index in [1.54, 1.807) is 7.11 Å². The Morgan fingerprint density at radius 1 is 0.974 bits per heavy atom. The predicted molar refractivity (Wildman–Crippen MR) is 154 cm³/mol. The van der Waals surface area contributed by atoms with Gasteiger partial charge in [0.2, 0.25) is 11.8 Å². The number of aliphatic imine (C=N–C) groups is 1. The summed E-state index contributed by atoms with van der Waals surface area (Å²) < 4.78 is 12.1. The lowest BCUT2D eigenvalue weighted by Gasteiger charge is -2.31. The van der Waals surface area contributed by atoms with Gasteiger partial charge < -0.3 is 20.1 Å². The molecule has 0 aliphatic carbocycles. The van der Waals surface area contributed by atoms with E-state index < -0.39 is 0 Å². The van der Waals surface area contributed by atoms with Crippen LogP contribution >= 0.6 is 0 Å². The standard InChI is InChI=1S/C32H35N3O4/c1-19(36)33-18-27(37)34-24-12-10-20(11-13-24)21-8-7-9-22(14-21)29-28-23(16-31(2,3)35-29)15-26(38-6)30-25(28)17-32(4,5)39-30/h7-15H,16-18H2,1-6H3,(H,33,36)(H,34,37). The molecule has 0 radical (unpaired) electrons. The Bertz CT molecular complexity index is 1490. The molecule has 0 spiro atoms. The number of nitrogens with zero attached hydrogens (tertiary/aromatic N) is 1. The molecule has 0 saturated heterocycles. The van der Waals surface area contributed by atoms with Crippen molar-refractivity contribution in [1.29, 1.82) is 0 Å². The molecule has 0 saturated carbocycles. The number of hydrogen-bond donors (Lipinski definition) is 2. The Balaban J connectivity index is 1.49. The highest BCUT2D eigenvalue weighted by molar-refractivity contribution is 6.16. The second-order valence-electron chi connectivity index (χ2n) is 11.5. The van der Waals surface area contributed by atoms with Crippen LogP contribution in [0.3, 0.4) is 0 Å². The van der Waals surface area contributed by atoms with Crippen molar-refractivity contribution in [3.8, 4) is 22.6 Å². The molecule has 0 bridgehead atoms. The lowest BCUT2D eigenvalue weighted by molar-refractivity contribution is -0.122. The normalized spacial score (nSPS) is 16.3. The Hall–Kier alpha value is -4.13. The van der Waals surface area contributed by atoms with Gasteiger partial charge in [-0.05, 0) is 75.1 Å². The number of carbonyl (C=O) groups excluding carboxylic acids is 2. The van der Waals surface area contributed by atoms with Crippen molar-refractivity contribution in [3.63, 3.8) is 0 Å². The fourth-order valence-electron chi connectivity index (χ4n) is 5.43. The molecule has 39 heavy (non-hydrogen) atoms.